The number of piperidine rings is 1. The highest BCUT2D eigenvalue weighted by molar-refractivity contribution is 5.66. The maximum atomic E-state index is 10.5. The van der Waals surface area contributed by atoms with Crippen molar-refractivity contribution in [3.05, 3.63) is 0 Å². The average molecular weight is 285 g/mol. The molecule has 1 fully saturated rings. The van der Waals surface area contributed by atoms with E-state index in [4.69, 9.17) is 5.11 Å². The van der Waals surface area contributed by atoms with Gasteiger partial charge in [-0.1, -0.05) is 32.6 Å². The SMILES string of the molecule is CCCCCC1CCC(O)C(CCCCC(=O)O)N1C. The molecule has 1 rings (SSSR count). The number of likely N-dealkylation sites (tertiary alicyclic amines) is 1. The monoisotopic (exact) mass is 285 g/mol. The van der Waals surface area contributed by atoms with E-state index in [2.05, 4.69) is 18.9 Å². The molecule has 0 saturated carbocycles. The largest absolute Gasteiger partial charge is 0.481 e. The number of hydrogen-bond acceptors (Lipinski definition) is 3. The van der Waals surface area contributed by atoms with Gasteiger partial charge >= 0.3 is 5.97 Å². The number of likely N-dealkylation sites (N-methyl/N-ethyl adjacent to an activating group) is 1. The molecule has 118 valence electrons. The second-order valence-electron chi connectivity index (χ2n) is 6.17. The Bertz CT molecular complexity index is 283. The number of aliphatic hydroxyl groups is 1. The summed E-state index contributed by atoms with van der Waals surface area (Å²) in [5.41, 5.74) is 0. The quantitative estimate of drug-likeness (QED) is 0.639. The summed E-state index contributed by atoms with van der Waals surface area (Å²) in [6.07, 6.45) is 9.53. The van der Waals surface area contributed by atoms with Gasteiger partial charge in [-0.2, -0.15) is 0 Å². The van der Waals surface area contributed by atoms with Gasteiger partial charge in [0.2, 0.25) is 0 Å². The molecular weight excluding hydrogens is 254 g/mol. The predicted molar refractivity (Wildman–Crippen MR) is 80.8 cm³/mol. The van der Waals surface area contributed by atoms with Crippen LogP contribution in [0.25, 0.3) is 0 Å². The van der Waals surface area contributed by atoms with E-state index >= 15 is 0 Å². The molecule has 0 aromatic rings. The molecule has 1 aliphatic heterocycles. The maximum absolute atomic E-state index is 10.5. The fraction of sp³-hybridized carbons (Fsp3) is 0.938. The van der Waals surface area contributed by atoms with E-state index in [1.165, 1.54) is 25.7 Å². The molecule has 0 spiro atoms. The lowest BCUT2D eigenvalue weighted by Crippen LogP contribution is -2.51. The van der Waals surface area contributed by atoms with Gasteiger partial charge in [-0.25, -0.2) is 0 Å². The Morgan fingerprint density at radius 2 is 1.85 bits per heavy atom. The van der Waals surface area contributed by atoms with Crippen molar-refractivity contribution in [1.29, 1.82) is 0 Å². The number of carbonyl (C=O) groups is 1. The van der Waals surface area contributed by atoms with Crippen LogP contribution in [0.1, 0.15) is 71.1 Å². The van der Waals surface area contributed by atoms with Gasteiger partial charge in [0.1, 0.15) is 0 Å². The lowest BCUT2D eigenvalue weighted by atomic mass is 9.88. The summed E-state index contributed by atoms with van der Waals surface area (Å²) >= 11 is 0. The van der Waals surface area contributed by atoms with Crippen LogP contribution in [0.4, 0.5) is 0 Å². The van der Waals surface area contributed by atoms with Crippen molar-refractivity contribution in [1.82, 2.24) is 4.90 Å². The first-order valence-corrected chi connectivity index (χ1v) is 8.18. The smallest absolute Gasteiger partial charge is 0.303 e. The van der Waals surface area contributed by atoms with Crippen LogP contribution >= 0.6 is 0 Å². The van der Waals surface area contributed by atoms with E-state index in [1.807, 2.05) is 0 Å². The van der Waals surface area contributed by atoms with E-state index in [9.17, 15) is 9.90 Å². The van der Waals surface area contributed by atoms with Crippen molar-refractivity contribution in [3.8, 4) is 0 Å². The Hall–Kier alpha value is -0.610. The number of carboxylic acid groups (broad SMARTS) is 1. The molecule has 0 bridgehead atoms. The molecule has 4 nitrogen and oxygen atoms in total. The third-order valence-electron chi connectivity index (χ3n) is 4.62. The van der Waals surface area contributed by atoms with Gasteiger partial charge in [0.15, 0.2) is 0 Å². The van der Waals surface area contributed by atoms with Gasteiger partial charge in [-0.3, -0.25) is 9.69 Å². The summed E-state index contributed by atoms with van der Waals surface area (Å²) in [6, 6.07) is 0.804. The van der Waals surface area contributed by atoms with Gasteiger partial charge in [0, 0.05) is 18.5 Å². The Balaban J connectivity index is 2.35. The molecule has 0 radical (unpaired) electrons. The molecule has 2 N–H and O–H groups in total. The van der Waals surface area contributed by atoms with E-state index < -0.39 is 5.97 Å². The minimum atomic E-state index is -0.722. The number of unbranched alkanes of at least 4 members (excludes halogenated alkanes) is 3. The van der Waals surface area contributed by atoms with Crippen LogP contribution in [0.5, 0.6) is 0 Å². The summed E-state index contributed by atoms with van der Waals surface area (Å²) in [6.45, 7) is 2.22. The predicted octanol–water partition coefficient (Wildman–Crippen LogP) is 3.04. The number of aliphatic carboxylic acids is 1. The fourth-order valence-electron chi connectivity index (χ4n) is 3.31. The van der Waals surface area contributed by atoms with Gasteiger partial charge in [0.25, 0.3) is 0 Å². The van der Waals surface area contributed by atoms with Crippen LogP contribution < -0.4 is 0 Å². The molecule has 0 amide bonds. The first-order valence-electron chi connectivity index (χ1n) is 8.18. The Morgan fingerprint density at radius 3 is 2.50 bits per heavy atom. The third kappa shape index (κ3) is 5.80. The number of aliphatic hydroxyl groups excluding tert-OH is 1. The number of hydrogen-bond donors (Lipinski definition) is 2. The maximum Gasteiger partial charge on any atom is 0.303 e. The molecule has 0 aromatic carbocycles. The first-order chi connectivity index (χ1) is 9.56. The lowest BCUT2D eigenvalue weighted by molar-refractivity contribution is -0.137. The van der Waals surface area contributed by atoms with Gasteiger partial charge < -0.3 is 10.2 Å². The molecule has 1 aliphatic rings. The summed E-state index contributed by atoms with van der Waals surface area (Å²) in [7, 11) is 2.13. The number of nitrogens with zero attached hydrogens (tertiary/aromatic N) is 1. The van der Waals surface area contributed by atoms with Crippen LogP contribution in [-0.4, -0.2) is 46.3 Å². The zero-order valence-corrected chi connectivity index (χ0v) is 13.1. The standard InChI is InChI=1S/C16H31NO3/c1-3-4-5-8-13-11-12-15(18)14(17(13)2)9-6-7-10-16(19)20/h13-15,18H,3-12H2,1-2H3,(H,19,20). The fourth-order valence-corrected chi connectivity index (χ4v) is 3.31. The zero-order valence-electron chi connectivity index (χ0n) is 13.1. The summed E-state index contributed by atoms with van der Waals surface area (Å²) in [4.78, 5) is 12.9. The van der Waals surface area contributed by atoms with Crippen molar-refractivity contribution < 1.29 is 15.0 Å². The van der Waals surface area contributed by atoms with E-state index in [0.717, 1.165) is 25.7 Å². The van der Waals surface area contributed by atoms with Gasteiger partial charge in [-0.15, -0.1) is 0 Å². The second kappa shape index (κ2) is 9.35. The Morgan fingerprint density at radius 1 is 1.15 bits per heavy atom. The van der Waals surface area contributed by atoms with Crippen molar-refractivity contribution in [2.45, 2.75) is 89.3 Å². The molecule has 0 aromatic heterocycles. The average Bonchev–Trinajstić information content (AvgIpc) is 2.40. The molecule has 1 saturated heterocycles. The van der Waals surface area contributed by atoms with Crippen molar-refractivity contribution in [2.24, 2.45) is 0 Å². The highest BCUT2D eigenvalue weighted by Gasteiger charge is 2.32. The topological polar surface area (TPSA) is 60.8 Å². The van der Waals surface area contributed by atoms with Crippen LogP contribution in [0.3, 0.4) is 0 Å². The van der Waals surface area contributed by atoms with Crippen LogP contribution in [-0.2, 0) is 4.79 Å². The third-order valence-corrected chi connectivity index (χ3v) is 4.62. The minimum Gasteiger partial charge on any atom is -0.481 e. The molecule has 3 unspecified atom stereocenters. The highest BCUT2D eigenvalue weighted by atomic mass is 16.4. The summed E-state index contributed by atoms with van der Waals surface area (Å²) in [5, 5.41) is 18.8. The zero-order chi connectivity index (χ0) is 15.0. The van der Waals surface area contributed by atoms with Gasteiger partial charge in [-0.05, 0) is 39.2 Å². The minimum absolute atomic E-state index is 0.212. The van der Waals surface area contributed by atoms with E-state index in [0.29, 0.717) is 12.5 Å². The Kier molecular flexibility index (Phi) is 8.15. The van der Waals surface area contributed by atoms with Gasteiger partial charge in [0.05, 0.1) is 6.10 Å². The normalized spacial score (nSPS) is 27.6. The van der Waals surface area contributed by atoms with E-state index in [-0.39, 0.29) is 18.6 Å². The highest BCUT2D eigenvalue weighted by Crippen LogP contribution is 2.28. The number of carboxylic acids is 1. The van der Waals surface area contributed by atoms with Crippen LogP contribution in [0, 0.1) is 0 Å². The molecular formula is C16H31NO3. The van der Waals surface area contributed by atoms with Crippen LogP contribution in [0.2, 0.25) is 0 Å². The van der Waals surface area contributed by atoms with E-state index in [1.54, 1.807) is 0 Å². The molecule has 1 heterocycles. The molecule has 4 heteroatoms. The second-order valence-corrected chi connectivity index (χ2v) is 6.17. The Labute approximate surface area is 123 Å². The molecule has 0 aliphatic carbocycles. The van der Waals surface area contributed by atoms with Crippen molar-refractivity contribution in [3.63, 3.8) is 0 Å². The first kappa shape index (κ1) is 17.4. The summed E-state index contributed by atoms with van der Waals surface area (Å²) in [5.74, 6) is -0.722. The van der Waals surface area contributed by atoms with Crippen molar-refractivity contribution >= 4 is 5.97 Å². The lowest BCUT2D eigenvalue weighted by Gasteiger charge is -2.43. The van der Waals surface area contributed by atoms with Crippen molar-refractivity contribution in [2.75, 3.05) is 7.05 Å². The molecule has 3 atom stereocenters. The van der Waals surface area contributed by atoms with Crippen LogP contribution in [0.15, 0.2) is 0 Å². The molecule has 20 heavy (non-hydrogen) atoms. The number of rotatable bonds is 9. The summed E-state index contributed by atoms with van der Waals surface area (Å²) < 4.78 is 0.